The van der Waals surface area contributed by atoms with E-state index in [1.54, 1.807) is 60.7 Å². The highest BCUT2D eigenvalue weighted by Gasteiger charge is 2.57. The number of hydrogen-bond donors (Lipinski definition) is 1. The minimum Gasteiger partial charge on any atom is -0.315 e. The number of imide groups is 1. The van der Waals surface area contributed by atoms with Crippen molar-refractivity contribution in [3.8, 4) is 0 Å². The van der Waals surface area contributed by atoms with Crippen LogP contribution in [0.5, 0.6) is 0 Å². The number of halogens is 1. The Labute approximate surface area is 172 Å². The molecule has 0 atom stereocenters. The molecule has 0 radical (unpaired) electrons. The Balaban J connectivity index is 1.90. The fraction of sp³-hybridized carbons (Fsp3) is 0.0476. The van der Waals surface area contributed by atoms with Crippen LogP contribution >= 0.6 is 11.6 Å². The molecule has 3 aromatic rings. The van der Waals surface area contributed by atoms with Crippen molar-refractivity contribution in [2.24, 2.45) is 0 Å². The van der Waals surface area contributed by atoms with Gasteiger partial charge in [-0.3, -0.25) is 4.79 Å². The van der Waals surface area contributed by atoms with Crippen molar-refractivity contribution in [1.82, 2.24) is 9.62 Å². The second-order valence-electron chi connectivity index (χ2n) is 6.44. The van der Waals surface area contributed by atoms with Crippen molar-refractivity contribution in [1.29, 1.82) is 0 Å². The Bertz CT molecular complexity index is 1140. The second-order valence-corrected chi connectivity index (χ2v) is 8.66. The van der Waals surface area contributed by atoms with Crippen LogP contribution in [-0.2, 0) is 20.4 Å². The Morgan fingerprint density at radius 2 is 1.24 bits per heavy atom. The summed E-state index contributed by atoms with van der Waals surface area (Å²) in [5.74, 6) is -0.894. The SMILES string of the molecule is O=C1NC(c2ccccc2)(c2ccccc2)C(=O)N1S(=O)(=O)c1ccc(Cl)cc1. The van der Waals surface area contributed by atoms with Gasteiger partial charge in [-0.1, -0.05) is 72.3 Å². The standard InChI is InChI=1S/C21H15ClN2O4S/c22-17-11-13-18(14-12-17)29(27,28)24-19(25)21(23-20(24)26,15-7-3-1-4-8-15)16-9-5-2-6-10-16/h1-14H,(H,23,26). The van der Waals surface area contributed by atoms with E-state index in [4.69, 9.17) is 11.6 Å². The van der Waals surface area contributed by atoms with Gasteiger partial charge in [0.2, 0.25) is 0 Å². The summed E-state index contributed by atoms with van der Waals surface area (Å²) in [6, 6.07) is 21.3. The largest absolute Gasteiger partial charge is 0.339 e. The maximum atomic E-state index is 13.6. The number of nitrogens with one attached hydrogen (secondary N) is 1. The number of urea groups is 1. The van der Waals surface area contributed by atoms with Gasteiger partial charge < -0.3 is 5.32 Å². The lowest BCUT2D eigenvalue weighted by Crippen LogP contribution is -2.45. The first-order valence-electron chi connectivity index (χ1n) is 8.66. The van der Waals surface area contributed by atoms with Gasteiger partial charge in [0, 0.05) is 5.02 Å². The molecule has 3 aromatic carbocycles. The number of nitrogens with zero attached hydrogens (tertiary/aromatic N) is 1. The smallest absolute Gasteiger partial charge is 0.315 e. The summed E-state index contributed by atoms with van der Waals surface area (Å²) >= 11 is 5.83. The first kappa shape index (κ1) is 19.2. The molecule has 0 aromatic heterocycles. The average Bonchev–Trinajstić information content (AvgIpc) is 3.01. The Morgan fingerprint density at radius 3 is 1.72 bits per heavy atom. The molecule has 1 aliphatic rings. The monoisotopic (exact) mass is 426 g/mol. The summed E-state index contributed by atoms with van der Waals surface area (Å²) in [7, 11) is -4.43. The molecule has 1 N–H and O–H groups in total. The molecule has 0 saturated carbocycles. The lowest BCUT2D eigenvalue weighted by molar-refractivity contribution is -0.126. The third-order valence-electron chi connectivity index (χ3n) is 4.75. The molecule has 0 aliphatic carbocycles. The summed E-state index contributed by atoms with van der Waals surface area (Å²) in [6.07, 6.45) is 0. The third-order valence-corrected chi connectivity index (χ3v) is 6.68. The number of benzene rings is 3. The zero-order chi connectivity index (χ0) is 20.6. The number of hydrogen-bond acceptors (Lipinski definition) is 4. The summed E-state index contributed by atoms with van der Waals surface area (Å²) in [5.41, 5.74) is -0.740. The number of carbonyl (C=O) groups excluding carboxylic acids is 2. The van der Waals surface area contributed by atoms with Crippen molar-refractivity contribution < 1.29 is 18.0 Å². The fourth-order valence-corrected chi connectivity index (χ4v) is 4.81. The number of sulfonamides is 1. The molecule has 146 valence electrons. The van der Waals surface area contributed by atoms with E-state index < -0.39 is 27.5 Å². The van der Waals surface area contributed by atoms with Gasteiger partial charge in [-0.25, -0.2) is 13.2 Å². The summed E-state index contributed by atoms with van der Waals surface area (Å²) in [4.78, 5) is 26.2. The molecule has 3 amide bonds. The van der Waals surface area contributed by atoms with Crippen LogP contribution in [-0.4, -0.2) is 24.7 Å². The van der Waals surface area contributed by atoms with Crippen LogP contribution in [0.15, 0.2) is 89.8 Å². The third kappa shape index (κ3) is 2.99. The lowest BCUT2D eigenvalue weighted by atomic mass is 9.83. The van der Waals surface area contributed by atoms with Crippen LogP contribution in [0.1, 0.15) is 11.1 Å². The van der Waals surface area contributed by atoms with Gasteiger partial charge in [-0.2, -0.15) is 0 Å². The first-order chi connectivity index (χ1) is 13.9. The zero-order valence-electron chi connectivity index (χ0n) is 14.9. The van der Waals surface area contributed by atoms with E-state index in [1.807, 2.05) is 0 Å². The molecule has 1 heterocycles. The minimum atomic E-state index is -4.43. The van der Waals surface area contributed by atoms with Gasteiger partial charge in [-0.15, -0.1) is 4.31 Å². The predicted octanol–water partition coefficient (Wildman–Crippen LogP) is 3.52. The molecule has 1 aliphatic heterocycles. The molecule has 29 heavy (non-hydrogen) atoms. The predicted molar refractivity (Wildman–Crippen MR) is 108 cm³/mol. The molecular weight excluding hydrogens is 412 g/mol. The van der Waals surface area contributed by atoms with Crippen LogP contribution in [0.4, 0.5) is 4.79 Å². The topological polar surface area (TPSA) is 83.6 Å². The highest BCUT2D eigenvalue weighted by molar-refractivity contribution is 7.90. The molecule has 0 spiro atoms. The van der Waals surface area contributed by atoms with E-state index in [1.165, 1.54) is 24.3 Å². The lowest BCUT2D eigenvalue weighted by Gasteiger charge is -2.27. The van der Waals surface area contributed by atoms with Crippen LogP contribution in [0.2, 0.25) is 5.02 Å². The summed E-state index contributed by atoms with van der Waals surface area (Å²) in [5, 5.41) is 2.96. The average molecular weight is 427 g/mol. The van der Waals surface area contributed by atoms with Crippen LogP contribution in [0.25, 0.3) is 0 Å². The van der Waals surface area contributed by atoms with Crippen LogP contribution in [0, 0.1) is 0 Å². The normalized spacial score (nSPS) is 16.0. The van der Waals surface area contributed by atoms with Crippen LogP contribution < -0.4 is 5.32 Å². The van der Waals surface area contributed by atoms with Gasteiger partial charge in [0.25, 0.3) is 15.9 Å². The maximum Gasteiger partial charge on any atom is 0.339 e. The van der Waals surface area contributed by atoms with Crippen molar-refractivity contribution in [3.63, 3.8) is 0 Å². The quantitative estimate of drug-likeness (QED) is 0.647. The summed E-state index contributed by atoms with van der Waals surface area (Å²) < 4.78 is 26.5. The number of amides is 3. The first-order valence-corrected chi connectivity index (χ1v) is 10.5. The van der Waals surface area contributed by atoms with Gasteiger partial charge in [0.15, 0.2) is 5.54 Å². The van der Waals surface area contributed by atoms with E-state index in [2.05, 4.69) is 5.32 Å². The molecule has 8 heteroatoms. The minimum absolute atomic E-state index is 0.206. The van der Waals surface area contributed by atoms with E-state index in [-0.39, 0.29) is 9.20 Å². The fourth-order valence-electron chi connectivity index (χ4n) is 3.37. The molecular formula is C21H15ClN2O4S. The van der Waals surface area contributed by atoms with Gasteiger partial charge in [0.05, 0.1) is 4.90 Å². The van der Waals surface area contributed by atoms with Gasteiger partial charge >= 0.3 is 6.03 Å². The highest BCUT2D eigenvalue weighted by atomic mass is 35.5. The van der Waals surface area contributed by atoms with E-state index in [0.29, 0.717) is 16.1 Å². The summed E-state index contributed by atoms with van der Waals surface area (Å²) in [6.45, 7) is 0. The molecule has 6 nitrogen and oxygen atoms in total. The molecule has 1 fully saturated rings. The van der Waals surface area contributed by atoms with Crippen molar-refractivity contribution in [3.05, 3.63) is 101 Å². The van der Waals surface area contributed by atoms with Crippen molar-refractivity contribution >= 4 is 33.6 Å². The van der Waals surface area contributed by atoms with Crippen molar-refractivity contribution in [2.45, 2.75) is 10.4 Å². The molecule has 0 unspecified atom stereocenters. The maximum absolute atomic E-state index is 13.6. The molecule has 0 bridgehead atoms. The Hall–Kier alpha value is -3.16. The van der Waals surface area contributed by atoms with E-state index >= 15 is 0 Å². The number of carbonyl (C=O) groups is 2. The molecule has 1 saturated heterocycles. The second kappa shape index (κ2) is 7.02. The highest BCUT2D eigenvalue weighted by Crippen LogP contribution is 2.38. The van der Waals surface area contributed by atoms with Gasteiger partial charge in [-0.05, 0) is 35.4 Å². The van der Waals surface area contributed by atoms with Gasteiger partial charge in [0.1, 0.15) is 0 Å². The zero-order valence-corrected chi connectivity index (χ0v) is 16.5. The van der Waals surface area contributed by atoms with Crippen LogP contribution in [0.3, 0.4) is 0 Å². The number of rotatable bonds is 4. The molecule has 4 rings (SSSR count). The van der Waals surface area contributed by atoms with E-state index in [0.717, 1.165) is 0 Å². The van der Waals surface area contributed by atoms with E-state index in [9.17, 15) is 18.0 Å². The Morgan fingerprint density at radius 1 is 0.759 bits per heavy atom. The Kier molecular flexibility index (Phi) is 4.64. The van der Waals surface area contributed by atoms with Crippen molar-refractivity contribution in [2.75, 3.05) is 0 Å².